The number of anilines is 1. The van der Waals surface area contributed by atoms with Gasteiger partial charge in [0, 0.05) is 11.4 Å². The maximum Gasteiger partial charge on any atom is 0.364 e. The van der Waals surface area contributed by atoms with Crippen LogP contribution >= 0.6 is 27.3 Å². The van der Waals surface area contributed by atoms with E-state index in [-0.39, 0.29) is 5.69 Å². The van der Waals surface area contributed by atoms with Crippen LogP contribution in [0, 0.1) is 0 Å². The van der Waals surface area contributed by atoms with Crippen molar-refractivity contribution < 1.29 is 0 Å². The maximum atomic E-state index is 11.4. The molecule has 0 aromatic carbocycles. The predicted octanol–water partition coefficient (Wildman–Crippen LogP) is 1.90. The van der Waals surface area contributed by atoms with E-state index in [0.717, 1.165) is 16.8 Å². The Bertz CT molecular complexity index is 762. The normalized spacial score (nSPS) is 11.0. The summed E-state index contributed by atoms with van der Waals surface area (Å²) in [4.78, 5) is 12.7. The number of H-pyrrole nitrogens is 1. The summed E-state index contributed by atoms with van der Waals surface area (Å²) in [7, 11) is 0. The zero-order valence-corrected chi connectivity index (χ0v) is 12.2. The average Bonchev–Trinajstić information content (AvgIpc) is 2.97. The minimum Gasteiger partial charge on any atom is -0.368 e. The number of halogens is 1. The van der Waals surface area contributed by atoms with Crippen molar-refractivity contribution in [2.75, 3.05) is 11.9 Å². The lowest BCUT2D eigenvalue weighted by Crippen LogP contribution is -2.14. The third kappa shape index (κ3) is 2.69. The van der Waals surface area contributed by atoms with Gasteiger partial charge in [0.1, 0.15) is 5.82 Å². The van der Waals surface area contributed by atoms with Crippen molar-refractivity contribution in [3.05, 3.63) is 43.4 Å². The second-order valence-corrected chi connectivity index (χ2v) is 6.45. The van der Waals surface area contributed by atoms with Crippen molar-refractivity contribution in [1.82, 2.24) is 19.8 Å². The van der Waals surface area contributed by atoms with Crippen molar-refractivity contribution in [3.8, 4) is 0 Å². The van der Waals surface area contributed by atoms with E-state index in [1.54, 1.807) is 23.5 Å². The molecule has 0 atom stereocenters. The Morgan fingerprint density at radius 3 is 3.05 bits per heavy atom. The molecule has 3 rings (SSSR count). The van der Waals surface area contributed by atoms with E-state index in [9.17, 15) is 4.79 Å². The molecule has 3 aromatic heterocycles. The molecular formula is C11H10BrN5OS. The lowest BCUT2D eigenvalue weighted by atomic mass is 10.3. The number of rotatable bonds is 4. The Hall–Kier alpha value is -1.67. The van der Waals surface area contributed by atoms with Crippen molar-refractivity contribution in [2.45, 2.75) is 6.42 Å². The Balaban J connectivity index is 1.68. The topological polar surface area (TPSA) is 75.1 Å². The molecular weight excluding hydrogens is 330 g/mol. The highest BCUT2D eigenvalue weighted by atomic mass is 79.9. The van der Waals surface area contributed by atoms with Gasteiger partial charge in [-0.1, -0.05) is 0 Å². The van der Waals surface area contributed by atoms with Crippen molar-refractivity contribution in [1.29, 1.82) is 0 Å². The number of hydrogen-bond donors (Lipinski definition) is 2. The monoisotopic (exact) mass is 339 g/mol. The molecule has 0 fully saturated rings. The van der Waals surface area contributed by atoms with E-state index in [1.165, 1.54) is 9.39 Å². The standard InChI is InChI=1S/C11H10BrN5OS/c12-8-2-1-7(19-8)5-6-13-9-3-4-10-14-15-11(18)17(10)16-9/h1-4H,5-6H2,(H,13,16)(H,15,18). The van der Waals surface area contributed by atoms with Crippen LogP contribution in [0.5, 0.6) is 0 Å². The second-order valence-electron chi connectivity index (χ2n) is 3.90. The van der Waals surface area contributed by atoms with Crippen LogP contribution < -0.4 is 11.0 Å². The summed E-state index contributed by atoms with van der Waals surface area (Å²) in [5.41, 5.74) is 0.179. The Morgan fingerprint density at radius 2 is 2.26 bits per heavy atom. The number of aromatic amines is 1. The fourth-order valence-corrected chi connectivity index (χ4v) is 3.18. The minimum absolute atomic E-state index is 0.333. The second kappa shape index (κ2) is 5.14. The molecule has 6 nitrogen and oxygen atoms in total. The van der Waals surface area contributed by atoms with Crippen LogP contribution in [-0.2, 0) is 6.42 Å². The molecule has 0 aliphatic carbocycles. The van der Waals surface area contributed by atoms with E-state index in [2.05, 4.69) is 42.6 Å². The van der Waals surface area contributed by atoms with Crippen LogP contribution in [-0.4, -0.2) is 26.4 Å². The van der Waals surface area contributed by atoms with E-state index in [0.29, 0.717) is 11.5 Å². The predicted molar refractivity (Wildman–Crippen MR) is 77.8 cm³/mol. The van der Waals surface area contributed by atoms with Gasteiger partial charge in [-0.05, 0) is 46.6 Å². The lowest BCUT2D eigenvalue weighted by Gasteiger charge is -2.03. The summed E-state index contributed by atoms with van der Waals surface area (Å²) in [5, 5.41) is 13.5. The highest BCUT2D eigenvalue weighted by Crippen LogP contribution is 2.22. The van der Waals surface area contributed by atoms with Crippen molar-refractivity contribution in [2.24, 2.45) is 0 Å². The molecule has 0 aliphatic heterocycles. The van der Waals surface area contributed by atoms with Gasteiger partial charge < -0.3 is 5.32 Å². The summed E-state index contributed by atoms with van der Waals surface area (Å²) in [6.45, 7) is 0.762. The minimum atomic E-state index is -0.333. The third-order valence-electron chi connectivity index (χ3n) is 2.58. The molecule has 0 saturated carbocycles. The van der Waals surface area contributed by atoms with Crippen molar-refractivity contribution >= 4 is 38.7 Å². The van der Waals surface area contributed by atoms with Crippen LogP contribution in [0.15, 0.2) is 32.8 Å². The van der Waals surface area contributed by atoms with Gasteiger partial charge in [0.25, 0.3) is 0 Å². The molecule has 0 amide bonds. The smallest absolute Gasteiger partial charge is 0.364 e. The summed E-state index contributed by atoms with van der Waals surface area (Å²) in [6.07, 6.45) is 0.913. The van der Waals surface area contributed by atoms with Gasteiger partial charge in [-0.15, -0.1) is 16.4 Å². The van der Waals surface area contributed by atoms with Crippen LogP contribution in [0.25, 0.3) is 5.65 Å². The fourth-order valence-electron chi connectivity index (χ4n) is 1.70. The largest absolute Gasteiger partial charge is 0.368 e. The first kappa shape index (κ1) is 12.4. The molecule has 2 N–H and O–H groups in total. The maximum absolute atomic E-state index is 11.4. The van der Waals surface area contributed by atoms with Crippen LogP contribution in [0.4, 0.5) is 5.82 Å². The highest BCUT2D eigenvalue weighted by Gasteiger charge is 2.03. The fraction of sp³-hybridized carbons (Fsp3) is 0.182. The summed E-state index contributed by atoms with van der Waals surface area (Å²) in [5.74, 6) is 0.659. The average molecular weight is 340 g/mol. The number of thiophene rings is 1. The van der Waals surface area contributed by atoms with Gasteiger partial charge in [0.05, 0.1) is 3.79 Å². The number of nitrogens with one attached hydrogen (secondary N) is 2. The quantitative estimate of drug-likeness (QED) is 0.761. The van der Waals surface area contributed by atoms with Gasteiger partial charge in [-0.3, -0.25) is 0 Å². The SMILES string of the molecule is O=c1[nH]nc2ccc(NCCc3ccc(Br)s3)nn12. The Labute approximate surface area is 120 Å². The molecule has 0 saturated heterocycles. The first-order chi connectivity index (χ1) is 9.22. The highest BCUT2D eigenvalue weighted by molar-refractivity contribution is 9.11. The first-order valence-electron chi connectivity index (χ1n) is 5.65. The van der Waals surface area contributed by atoms with Gasteiger partial charge >= 0.3 is 5.69 Å². The van der Waals surface area contributed by atoms with Gasteiger partial charge in [-0.2, -0.15) is 9.61 Å². The van der Waals surface area contributed by atoms with Gasteiger partial charge in [0.2, 0.25) is 0 Å². The van der Waals surface area contributed by atoms with Gasteiger partial charge in [-0.25, -0.2) is 9.89 Å². The van der Waals surface area contributed by atoms with E-state index in [1.807, 2.05) is 6.07 Å². The summed E-state index contributed by atoms with van der Waals surface area (Å²) in [6, 6.07) is 7.68. The van der Waals surface area contributed by atoms with Crippen LogP contribution in [0.1, 0.15) is 4.88 Å². The summed E-state index contributed by atoms with van der Waals surface area (Å²) < 4.78 is 2.37. The molecule has 0 unspecified atom stereocenters. The summed E-state index contributed by atoms with van der Waals surface area (Å²) >= 11 is 5.15. The molecule has 0 radical (unpaired) electrons. The van der Waals surface area contributed by atoms with E-state index < -0.39 is 0 Å². The molecule has 3 heterocycles. The lowest BCUT2D eigenvalue weighted by molar-refractivity contribution is 0.872. The Morgan fingerprint density at radius 1 is 1.37 bits per heavy atom. The molecule has 8 heteroatoms. The molecule has 19 heavy (non-hydrogen) atoms. The van der Waals surface area contributed by atoms with Gasteiger partial charge in [0.15, 0.2) is 5.65 Å². The van der Waals surface area contributed by atoms with Crippen LogP contribution in [0.3, 0.4) is 0 Å². The third-order valence-corrected chi connectivity index (χ3v) is 4.26. The molecule has 98 valence electrons. The Kier molecular flexibility index (Phi) is 3.34. The zero-order chi connectivity index (χ0) is 13.2. The first-order valence-corrected chi connectivity index (χ1v) is 7.26. The van der Waals surface area contributed by atoms with Crippen molar-refractivity contribution in [3.63, 3.8) is 0 Å². The van der Waals surface area contributed by atoms with E-state index in [4.69, 9.17) is 0 Å². The van der Waals surface area contributed by atoms with E-state index >= 15 is 0 Å². The number of nitrogens with zero attached hydrogens (tertiary/aromatic N) is 3. The molecule has 3 aromatic rings. The number of hydrogen-bond acceptors (Lipinski definition) is 5. The molecule has 0 bridgehead atoms. The zero-order valence-electron chi connectivity index (χ0n) is 9.76. The number of fused-ring (bicyclic) bond motifs is 1. The number of aromatic nitrogens is 4. The molecule has 0 spiro atoms. The molecule has 0 aliphatic rings. The van der Waals surface area contributed by atoms with Crippen LogP contribution in [0.2, 0.25) is 0 Å².